The molecule has 0 radical (unpaired) electrons. The van der Waals surface area contributed by atoms with E-state index in [0.29, 0.717) is 49.3 Å². The molecule has 2 aliphatic heterocycles. The smallest absolute Gasteiger partial charge is 0.255 e. The van der Waals surface area contributed by atoms with Crippen LogP contribution in [0.15, 0.2) is 12.3 Å². The zero-order chi connectivity index (χ0) is 16.9. The number of anilines is 1. The summed E-state index contributed by atoms with van der Waals surface area (Å²) in [5, 5.41) is 3.65. The molecule has 8 heteroatoms. The van der Waals surface area contributed by atoms with Crippen molar-refractivity contribution in [1.82, 2.24) is 14.8 Å². The molecule has 7 nitrogen and oxygen atoms in total. The highest BCUT2D eigenvalue weighted by Gasteiger charge is 2.21. The van der Waals surface area contributed by atoms with Gasteiger partial charge in [0.15, 0.2) is 0 Å². The van der Waals surface area contributed by atoms with Crippen molar-refractivity contribution in [3.8, 4) is 0 Å². The van der Waals surface area contributed by atoms with Gasteiger partial charge in [0.25, 0.3) is 5.91 Å². The molecule has 0 aliphatic carbocycles. The second-order valence-corrected chi connectivity index (χ2v) is 6.50. The topological polar surface area (TPSA) is 66.9 Å². The lowest BCUT2D eigenvalue weighted by Gasteiger charge is -2.30. The Labute approximate surface area is 146 Å². The molecule has 3 heterocycles. The molecule has 2 aliphatic rings. The summed E-state index contributed by atoms with van der Waals surface area (Å²) in [5.41, 5.74) is 0.501. The highest BCUT2D eigenvalue weighted by atomic mass is 35.5. The molecule has 1 aromatic rings. The number of hydrogen-bond acceptors (Lipinski definition) is 6. The monoisotopic (exact) mass is 354 g/mol. The highest BCUT2D eigenvalue weighted by Crippen LogP contribution is 2.21. The molecule has 0 saturated carbocycles. The molecule has 3 rings (SSSR count). The number of nitrogens with one attached hydrogen (secondary N) is 1. The number of ether oxygens (including phenoxy) is 2. The first-order chi connectivity index (χ1) is 11.6. The van der Waals surface area contributed by atoms with Crippen LogP contribution in [-0.2, 0) is 9.47 Å². The van der Waals surface area contributed by atoms with Crippen molar-refractivity contribution < 1.29 is 14.3 Å². The summed E-state index contributed by atoms with van der Waals surface area (Å²) in [7, 11) is 2.08. The Hall–Kier alpha value is -1.41. The third kappa shape index (κ3) is 4.36. The third-order valence-corrected chi connectivity index (χ3v) is 4.51. The van der Waals surface area contributed by atoms with Crippen LogP contribution in [0.5, 0.6) is 0 Å². The molecule has 0 aromatic carbocycles. The predicted octanol–water partition coefficient (Wildman–Crippen LogP) is 0.950. The molecule has 1 unspecified atom stereocenters. The molecule has 1 atom stereocenters. The quantitative estimate of drug-likeness (QED) is 0.868. The Morgan fingerprint density at radius 1 is 1.38 bits per heavy atom. The number of morpholine rings is 2. The molecule has 0 spiro atoms. The van der Waals surface area contributed by atoms with E-state index < -0.39 is 0 Å². The van der Waals surface area contributed by atoms with Gasteiger partial charge in [-0.05, 0) is 13.1 Å². The minimum absolute atomic E-state index is 0.0588. The number of pyridine rings is 1. The van der Waals surface area contributed by atoms with Gasteiger partial charge in [0.2, 0.25) is 0 Å². The number of aromatic nitrogens is 1. The van der Waals surface area contributed by atoms with Crippen LogP contribution < -0.4 is 5.32 Å². The first-order valence-electron chi connectivity index (χ1n) is 8.20. The van der Waals surface area contributed by atoms with Crippen LogP contribution in [0, 0.1) is 0 Å². The summed E-state index contributed by atoms with van der Waals surface area (Å²) in [6.45, 7) is 5.54. The number of hydrogen-bond donors (Lipinski definition) is 1. The average Bonchev–Trinajstić information content (AvgIpc) is 2.61. The Balaban J connectivity index is 1.58. The number of rotatable bonds is 4. The van der Waals surface area contributed by atoms with E-state index in [4.69, 9.17) is 21.1 Å². The van der Waals surface area contributed by atoms with Crippen molar-refractivity contribution in [2.75, 3.05) is 64.9 Å². The fraction of sp³-hybridized carbons (Fsp3) is 0.625. The average molecular weight is 355 g/mol. The molecule has 1 N–H and O–H groups in total. The molecular weight excluding hydrogens is 332 g/mol. The SMILES string of the molecule is CN1CCOC(CNc2ncc(C(=O)N3CCOCC3)cc2Cl)C1. The number of amides is 1. The Kier molecular flexibility index (Phi) is 5.89. The van der Waals surface area contributed by atoms with Crippen LogP contribution in [0.4, 0.5) is 5.82 Å². The lowest BCUT2D eigenvalue weighted by Crippen LogP contribution is -2.43. The van der Waals surface area contributed by atoms with Gasteiger partial charge in [-0.1, -0.05) is 11.6 Å². The minimum Gasteiger partial charge on any atom is -0.378 e. The number of nitrogens with zero attached hydrogens (tertiary/aromatic N) is 3. The second-order valence-electron chi connectivity index (χ2n) is 6.09. The van der Waals surface area contributed by atoms with Crippen LogP contribution >= 0.6 is 11.6 Å². The van der Waals surface area contributed by atoms with Gasteiger partial charge < -0.3 is 24.6 Å². The minimum atomic E-state index is -0.0588. The van der Waals surface area contributed by atoms with Crippen molar-refractivity contribution in [1.29, 1.82) is 0 Å². The Morgan fingerprint density at radius 2 is 2.17 bits per heavy atom. The number of likely N-dealkylation sites (N-methyl/N-ethyl adjacent to an activating group) is 1. The zero-order valence-electron chi connectivity index (χ0n) is 13.8. The molecule has 2 fully saturated rings. The third-order valence-electron chi connectivity index (χ3n) is 4.23. The maximum absolute atomic E-state index is 12.4. The lowest BCUT2D eigenvalue weighted by molar-refractivity contribution is -0.0117. The van der Waals surface area contributed by atoms with E-state index in [-0.39, 0.29) is 12.0 Å². The van der Waals surface area contributed by atoms with E-state index in [9.17, 15) is 4.79 Å². The molecule has 1 amide bonds. The summed E-state index contributed by atoms with van der Waals surface area (Å²) in [4.78, 5) is 20.7. The number of carbonyl (C=O) groups excluding carboxylic acids is 1. The maximum atomic E-state index is 12.4. The van der Waals surface area contributed by atoms with Crippen LogP contribution in [0.2, 0.25) is 5.02 Å². The molecule has 132 valence electrons. The van der Waals surface area contributed by atoms with E-state index in [1.54, 1.807) is 17.2 Å². The van der Waals surface area contributed by atoms with Crippen molar-refractivity contribution in [2.24, 2.45) is 0 Å². The summed E-state index contributed by atoms with van der Waals surface area (Å²) in [5.74, 6) is 0.517. The van der Waals surface area contributed by atoms with E-state index in [2.05, 4.69) is 22.2 Å². The Morgan fingerprint density at radius 3 is 2.88 bits per heavy atom. The standard InChI is InChI=1S/C16H23ClN4O3/c1-20-2-7-24-13(11-20)10-19-15-14(17)8-12(9-18-15)16(22)21-3-5-23-6-4-21/h8-9,13H,2-7,10-11H2,1H3,(H,18,19). The van der Waals surface area contributed by atoms with Crippen molar-refractivity contribution >= 4 is 23.3 Å². The second kappa shape index (κ2) is 8.11. The van der Waals surface area contributed by atoms with Crippen LogP contribution in [0.3, 0.4) is 0 Å². The fourth-order valence-electron chi connectivity index (χ4n) is 2.83. The highest BCUT2D eigenvalue weighted by molar-refractivity contribution is 6.33. The van der Waals surface area contributed by atoms with Gasteiger partial charge in [0, 0.05) is 38.9 Å². The Bertz CT molecular complexity index is 580. The van der Waals surface area contributed by atoms with Gasteiger partial charge >= 0.3 is 0 Å². The van der Waals surface area contributed by atoms with Gasteiger partial charge in [0.1, 0.15) is 5.82 Å². The van der Waals surface area contributed by atoms with Gasteiger partial charge in [-0.25, -0.2) is 4.98 Å². The molecule has 1 aromatic heterocycles. The van der Waals surface area contributed by atoms with Gasteiger partial charge in [-0.15, -0.1) is 0 Å². The van der Waals surface area contributed by atoms with Gasteiger partial charge in [-0.3, -0.25) is 4.79 Å². The normalized spacial score (nSPS) is 22.4. The summed E-state index contributed by atoms with van der Waals surface area (Å²) in [6, 6.07) is 1.67. The zero-order valence-corrected chi connectivity index (χ0v) is 14.6. The van der Waals surface area contributed by atoms with E-state index in [1.165, 1.54) is 0 Å². The van der Waals surface area contributed by atoms with E-state index in [0.717, 1.165) is 19.7 Å². The first-order valence-corrected chi connectivity index (χ1v) is 8.58. The predicted molar refractivity (Wildman–Crippen MR) is 91.7 cm³/mol. The molecule has 2 saturated heterocycles. The first kappa shape index (κ1) is 17.4. The lowest BCUT2D eigenvalue weighted by atomic mass is 10.2. The van der Waals surface area contributed by atoms with Crippen molar-refractivity contribution in [2.45, 2.75) is 6.10 Å². The van der Waals surface area contributed by atoms with Crippen LogP contribution in [-0.4, -0.2) is 86.4 Å². The largest absolute Gasteiger partial charge is 0.378 e. The van der Waals surface area contributed by atoms with Crippen LogP contribution in [0.25, 0.3) is 0 Å². The maximum Gasteiger partial charge on any atom is 0.255 e. The van der Waals surface area contributed by atoms with Crippen molar-refractivity contribution in [3.05, 3.63) is 22.8 Å². The molecule has 24 heavy (non-hydrogen) atoms. The number of halogens is 1. The fourth-order valence-corrected chi connectivity index (χ4v) is 3.07. The van der Waals surface area contributed by atoms with E-state index in [1.807, 2.05) is 0 Å². The van der Waals surface area contributed by atoms with Crippen LogP contribution in [0.1, 0.15) is 10.4 Å². The summed E-state index contributed by atoms with van der Waals surface area (Å²) >= 11 is 6.29. The van der Waals surface area contributed by atoms with Gasteiger partial charge in [0.05, 0.1) is 36.5 Å². The molecule has 0 bridgehead atoms. The summed E-state index contributed by atoms with van der Waals surface area (Å²) < 4.78 is 11.0. The van der Waals surface area contributed by atoms with Crippen molar-refractivity contribution in [3.63, 3.8) is 0 Å². The van der Waals surface area contributed by atoms with Gasteiger partial charge in [-0.2, -0.15) is 0 Å². The summed E-state index contributed by atoms with van der Waals surface area (Å²) in [6.07, 6.45) is 1.68. The number of carbonyl (C=O) groups is 1. The molecular formula is C16H23ClN4O3. The van der Waals surface area contributed by atoms with E-state index >= 15 is 0 Å².